The Morgan fingerprint density at radius 2 is 1.00 bits per heavy atom. The summed E-state index contributed by atoms with van der Waals surface area (Å²) >= 11 is 3.89. The predicted molar refractivity (Wildman–Crippen MR) is 109 cm³/mol. The van der Waals surface area contributed by atoms with Crippen molar-refractivity contribution in [1.29, 1.82) is 0 Å². The third kappa shape index (κ3) is 2.02. The van der Waals surface area contributed by atoms with E-state index in [0.29, 0.717) is 10.8 Å². The summed E-state index contributed by atoms with van der Waals surface area (Å²) in [6.45, 7) is 2.45. The minimum Gasteiger partial charge on any atom is -0.381 e. The van der Waals surface area contributed by atoms with Crippen LogP contribution >= 0.6 is 15.9 Å². The van der Waals surface area contributed by atoms with E-state index in [2.05, 4.69) is 22.9 Å². The first kappa shape index (κ1) is 17.3. The number of aliphatic hydroxyl groups is 1. The van der Waals surface area contributed by atoms with E-state index in [1.165, 1.54) is 83.5 Å². The van der Waals surface area contributed by atoms with Crippen LogP contribution in [-0.2, 0) is 0 Å². The van der Waals surface area contributed by atoms with Crippen molar-refractivity contribution in [3.05, 3.63) is 0 Å². The number of hydrogen-bond donors (Lipinski definition) is 1. The molecule has 0 radical (unpaired) electrons. The van der Waals surface area contributed by atoms with Gasteiger partial charge in [-0.25, -0.2) is 0 Å². The monoisotopic (exact) mass is 420 g/mol. The fourth-order valence-corrected chi connectivity index (χ4v) is 12.6. The molecule has 8 aliphatic carbocycles. The normalized spacial score (nSPS) is 57.3. The molecule has 0 aliphatic heterocycles. The highest BCUT2D eigenvalue weighted by atomic mass is 79.9. The minimum atomic E-state index is -0.299. The molecule has 0 saturated heterocycles. The van der Waals surface area contributed by atoms with Gasteiger partial charge < -0.3 is 5.11 Å². The van der Waals surface area contributed by atoms with Gasteiger partial charge in [-0.05, 0) is 130 Å². The van der Waals surface area contributed by atoms with Gasteiger partial charge in [0.15, 0.2) is 0 Å². The van der Waals surface area contributed by atoms with Gasteiger partial charge in [0.2, 0.25) is 0 Å². The lowest BCUT2D eigenvalue weighted by Gasteiger charge is -2.73. The number of aliphatic hydroxyl groups excluding tert-OH is 1. The molecule has 8 aliphatic rings. The third-order valence-corrected chi connectivity index (χ3v) is 11.7. The van der Waals surface area contributed by atoms with Crippen molar-refractivity contribution >= 4 is 15.9 Å². The van der Waals surface area contributed by atoms with Gasteiger partial charge in [-0.1, -0.05) is 22.9 Å². The first-order valence-corrected chi connectivity index (χ1v) is 12.7. The van der Waals surface area contributed by atoms with Crippen LogP contribution in [0.5, 0.6) is 0 Å². The molecule has 0 aromatic carbocycles. The van der Waals surface area contributed by atoms with Gasteiger partial charge in [0.05, 0.1) is 0 Å². The minimum absolute atomic E-state index is 0.131. The van der Waals surface area contributed by atoms with Gasteiger partial charge in [-0.2, -0.15) is 0 Å². The Morgan fingerprint density at radius 1 is 0.731 bits per heavy atom. The molecule has 8 saturated carbocycles. The lowest BCUT2D eigenvalue weighted by molar-refractivity contribution is -0.250. The Morgan fingerprint density at radius 3 is 1.19 bits per heavy atom. The van der Waals surface area contributed by atoms with Crippen LogP contribution in [0.3, 0.4) is 0 Å². The van der Waals surface area contributed by atoms with Crippen LogP contribution in [-0.4, -0.2) is 10.1 Å². The summed E-state index contributed by atoms with van der Waals surface area (Å²) in [7, 11) is 0. The van der Waals surface area contributed by atoms with Gasteiger partial charge in [0.1, 0.15) is 5.01 Å². The lowest BCUT2D eigenvalue weighted by atomic mass is 9.32. The van der Waals surface area contributed by atoms with E-state index >= 15 is 0 Å². The second kappa shape index (κ2) is 5.53. The molecule has 0 aromatic rings. The molecule has 1 atom stereocenters. The van der Waals surface area contributed by atoms with Gasteiger partial charge in [-0.3, -0.25) is 0 Å². The van der Waals surface area contributed by atoms with Gasteiger partial charge in [-0.15, -0.1) is 0 Å². The van der Waals surface area contributed by atoms with E-state index in [4.69, 9.17) is 0 Å². The highest BCUT2D eigenvalue weighted by Gasteiger charge is 2.71. The van der Waals surface area contributed by atoms with Crippen molar-refractivity contribution in [3.63, 3.8) is 0 Å². The average Bonchev–Trinajstić information content (AvgIpc) is 2.52. The molecule has 146 valence electrons. The van der Waals surface area contributed by atoms with Gasteiger partial charge in [0, 0.05) is 5.41 Å². The first-order valence-electron chi connectivity index (χ1n) is 11.8. The summed E-state index contributed by atoms with van der Waals surface area (Å²) < 4.78 is 0. The fourth-order valence-electron chi connectivity index (χ4n) is 11.3. The van der Waals surface area contributed by atoms with Crippen LogP contribution in [0.15, 0.2) is 0 Å². The molecule has 1 nitrogen and oxygen atoms in total. The van der Waals surface area contributed by atoms with Crippen molar-refractivity contribution < 1.29 is 5.11 Å². The number of halogens is 1. The predicted octanol–water partition coefficient (Wildman–Crippen LogP) is 6.53. The van der Waals surface area contributed by atoms with Crippen LogP contribution in [0.25, 0.3) is 0 Å². The summed E-state index contributed by atoms with van der Waals surface area (Å²) in [6, 6.07) is 0. The molecular weight excluding hydrogens is 384 g/mol. The van der Waals surface area contributed by atoms with Crippen molar-refractivity contribution in [2.75, 3.05) is 0 Å². The Balaban J connectivity index is 1.49. The maximum absolute atomic E-state index is 11.5. The zero-order valence-corrected chi connectivity index (χ0v) is 18.1. The van der Waals surface area contributed by atoms with Crippen LogP contribution in [0, 0.1) is 51.8 Å². The summed E-state index contributed by atoms with van der Waals surface area (Å²) in [5.74, 6) is 5.87. The Bertz CT molecular complexity index is 478. The van der Waals surface area contributed by atoms with Gasteiger partial charge >= 0.3 is 0 Å². The summed E-state index contributed by atoms with van der Waals surface area (Å²) in [5, 5.41) is 11.2. The van der Waals surface area contributed by atoms with Crippen LogP contribution in [0.1, 0.15) is 90.4 Å². The van der Waals surface area contributed by atoms with Crippen molar-refractivity contribution in [2.24, 2.45) is 51.8 Å². The van der Waals surface area contributed by atoms with E-state index in [0.717, 1.165) is 35.5 Å². The van der Waals surface area contributed by atoms with E-state index in [9.17, 15) is 5.11 Å². The molecular formula is C24H37BrO. The molecule has 1 N–H and O–H groups in total. The Kier molecular flexibility index (Phi) is 3.68. The molecule has 8 fully saturated rings. The molecule has 0 amide bonds. The second-order valence-electron chi connectivity index (χ2n) is 12.1. The highest BCUT2D eigenvalue weighted by molar-refractivity contribution is 9.09. The van der Waals surface area contributed by atoms with Gasteiger partial charge in [0.25, 0.3) is 0 Å². The lowest BCUT2D eigenvalue weighted by Crippen LogP contribution is -2.67. The van der Waals surface area contributed by atoms with E-state index in [1.807, 2.05) is 0 Å². The number of alkyl halides is 1. The average molecular weight is 421 g/mol. The summed E-state index contributed by atoms with van der Waals surface area (Å²) in [4.78, 5) is 0. The molecule has 2 heteroatoms. The number of rotatable bonds is 4. The molecule has 0 aromatic heterocycles. The van der Waals surface area contributed by atoms with Crippen molar-refractivity contribution in [2.45, 2.75) is 95.4 Å². The van der Waals surface area contributed by atoms with Crippen LogP contribution in [0.2, 0.25) is 0 Å². The second-order valence-corrected chi connectivity index (χ2v) is 12.9. The summed E-state index contributed by atoms with van der Waals surface area (Å²) in [6.07, 6.45) is 18.9. The Labute approximate surface area is 168 Å². The SMILES string of the molecule is CCC(C(O)Br)(C12CC3CC(CC(C3)C1)C2)C12CC3CC(CC(C3)C1)C2. The zero-order valence-electron chi connectivity index (χ0n) is 16.6. The third-order valence-electron chi connectivity index (χ3n) is 10.9. The topological polar surface area (TPSA) is 20.2 Å². The zero-order chi connectivity index (χ0) is 17.7. The molecule has 0 heterocycles. The van der Waals surface area contributed by atoms with E-state index in [1.54, 1.807) is 0 Å². The van der Waals surface area contributed by atoms with Crippen molar-refractivity contribution in [3.8, 4) is 0 Å². The number of hydrogen-bond acceptors (Lipinski definition) is 1. The standard InChI is InChI=1S/C24H37BrO/c1-2-24(21(25)26,22-9-15-3-16(10-22)5-17(4-15)11-22)23-12-18-6-19(13-23)8-20(7-18)14-23/h15-21,26H,2-14H2,1H3. The first-order chi connectivity index (χ1) is 12.5. The maximum Gasteiger partial charge on any atom is 0.115 e. The van der Waals surface area contributed by atoms with E-state index in [-0.39, 0.29) is 10.4 Å². The Hall–Kier alpha value is 0.440. The molecule has 8 rings (SSSR count). The largest absolute Gasteiger partial charge is 0.381 e. The molecule has 0 spiro atoms. The smallest absolute Gasteiger partial charge is 0.115 e. The summed E-state index contributed by atoms with van der Waals surface area (Å²) in [5.41, 5.74) is 1.00. The highest BCUT2D eigenvalue weighted by Crippen LogP contribution is 2.78. The van der Waals surface area contributed by atoms with Crippen LogP contribution < -0.4 is 0 Å². The molecule has 1 unspecified atom stereocenters. The molecule has 26 heavy (non-hydrogen) atoms. The molecule has 8 bridgehead atoms. The maximum atomic E-state index is 11.5. The fraction of sp³-hybridized carbons (Fsp3) is 1.00. The van der Waals surface area contributed by atoms with Crippen LogP contribution in [0.4, 0.5) is 0 Å². The quantitative estimate of drug-likeness (QED) is 0.512. The van der Waals surface area contributed by atoms with Crippen molar-refractivity contribution in [1.82, 2.24) is 0 Å². The van der Waals surface area contributed by atoms with E-state index < -0.39 is 0 Å².